The highest BCUT2D eigenvalue weighted by Crippen LogP contribution is 2.28. The van der Waals surface area contributed by atoms with E-state index in [-0.39, 0.29) is 11.9 Å². The first-order chi connectivity index (χ1) is 9.11. The highest BCUT2D eigenvalue weighted by atomic mass is 32.1. The lowest BCUT2D eigenvalue weighted by molar-refractivity contribution is 0.584. The van der Waals surface area contributed by atoms with Crippen molar-refractivity contribution < 1.29 is 4.39 Å². The fourth-order valence-corrected chi connectivity index (χ4v) is 2.96. The molecule has 102 valence electrons. The third-order valence-corrected chi connectivity index (χ3v) is 4.11. The Kier molecular flexibility index (Phi) is 4.72. The lowest BCUT2D eigenvalue weighted by Gasteiger charge is -2.20. The second-order valence-corrected chi connectivity index (χ2v) is 5.99. The van der Waals surface area contributed by atoms with Gasteiger partial charge in [0.15, 0.2) is 0 Å². The summed E-state index contributed by atoms with van der Waals surface area (Å²) in [5.74, 6) is -0.171. The first-order valence-corrected chi connectivity index (χ1v) is 7.54. The van der Waals surface area contributed by atoms with E-state index in [9.17, 15) is 4.39 Å². The van der Waals surface area contributed by atoms with Gasteiger partial charge in [0.2, 0.25) is 0 Å². The van der Waals surface area contributed by atoms with Crippen molar-refractivity contribution >= 4 is 11.3 Å². The Balaban J connectivity index is 2.39. The van der Waals surface area contributed by atoms with Crippen LogP contribution in [0.15, 0.2) is 29.6 Å². The molecule has 1 aromatic carbocycles. The third-order valence-electron chi connectivity index (χ3n) is 3.23. The van der Waals surface area contributed by atoms with Gasteiger partial charge in [-0.25, -0.2) is 4.39 Å². The van der Waals surface area contributed by atoms with Gasteiger partial charge in [0.25, 0.3) is 0 Å². The van der Waals surface area contributed by atoms with Crippen molar-refractivity contribution in [3.8, 4) is 0 Å². The fourth-order valence-electron chi connectivity index (χ4n) is 2.23. The molecule has 19 heavy (non-hydrogen) atoms. The molecule has 1 atom stereocenters. The van der Waals surface area contributed by atoms with E-state index in [2.05, 4.69) is 30.6 Å². The molecule has 0 aliphatic rings. The first-order valence-electron chi connectivity index (χ1n) is 6.66. The van der Waals surface area contributed by atoms with Crippen molar-refractivity contribution in [3.63, 3.8) is 0 Å². The number of benzene rings is 1. The molecular formula is C16H20FNS. The van der Waals surface area contributed by atoms with E-state index in [1.807, 2.05) is 13.0 Å². The maximum atomic E-state index is 13.5. The molecule has 1 unspecified atom stereocenters. The molecule has 1 heterocycles. The van der Waals surface area contributed by atoms with E-state index in [1.54, 1.807) is 17.4 Å². The summed E-state index contributed by atoms with van der Waals surface area (Å²) in [6.07, 6.45) is 1.06. The Bertz CT molecular complexity index is 547. The smallest absolute Gasteiger partial charge is 0.123 e. The predicted octanol–water partition coefficient (Wildman–Crippen LogP) is 4.59. The Hall–Kier alpha value is -1.19. The number of aryl methyl sites for hydroxylation is 2. The zero-order valence-corrected chi connectivity index (χ0v) is 12.5. The van der Waals surface area contributed by atoms with E-state index in [1.165, 1.54) is 16.5 Å². The zero-order chi connectivity index (χ0) is 13.8. The van der Waals surface area contributed by atoms with Crippen LogP contribution in [0.1, 0.15) is 41.0 Å². The van der Waals surface area contributed by atoms with Crippen molar-refractivity contribution in [3.05, 3.63) is 57.0 Å². The summed E-state index contributed by atoms with van der Waals surface area (Å²) < 4.78 is 13.5. The summed E-state index contributed by atoms with van der Waals surface area (Å²) in [5, 5.41) is 5.68. The standard InChI is InChI=1S/C16H20FNS/c1-4-7-18-16(13-8-12(3)19-10-13)15-9-14(17)6-5-11(15)2/h5-6,8-10,16,18H,4,7H2,1-3H3. The van der Waals surface area contributed by atoms with Crippen molar-refractivity contribution in [2.75, 3.05) is 6.54 Å². The molecule has 0 fully saturated rings. The van der Waals surface area contributed by atoms with Gasteiger partial charge in [0, 0.05) is 4.88 Å². The van der Waals surface area contributed by atoms with Crippen molar-refractivity contribution in [2.45, 2.75) is 33.2 Å². The van der Waals surface area contributed by atoms with Gasteiger partial charge in [0.05, 0.1) is 6.04 Å². The van der Waals surface area contributed by atoms with Crippen LogP contribution in [0.4, 0.5) is 4.39 Å². The molecule has 0 aliphatic carbocycles. The lowest BCUT2D eigenvalue weighted by Crippen LogP contribution is -2.23. The van der Waals surface area contributed by atoms with Crippen molar-refractivity contribution in [2.24, 2.45) is 0 Å². The van der Waals surface area contributed by atoms with Crippen LogP contribution >= 0.6 is 11.3 Å². The number of nitrogens with one attached hydrogen (secondary N) is 1. The largest absolute Gasteiger partial charge is 0.306 e. The number of hydrogen-bond acceptors (Lipinski definition) is 2. The highest BCUT2D eigenvalue weighted by Gasteiger charge is 2.17. The molecule has 0 saturated carbocycles. The Morgan fingerprint density at radius 3 is 2.68 bits per heavy atom. The second-order valence-electron chi connectivity index (χ2n) is 4.88. The number of thiophene rings is 1. The quantitative estimate of drug-likeness (QED) is 0.842. The van der Waals surface area contributed by atoms with Gasteiger partial charge >= 0.3 is 0 Å². The minimum atomic E-state index is -0.171. The van der Waals surface area contributed by atoms with Crippen molar-refractivity contribution in [1.82, 2.24) is 5.32 Å². The Morgan fingerprint density at radius 1 is 1.26 bits per heavy atom. The zero-order valence-electron chi connectivity index (χ0n) is 11.7. The highest BCUT2D eigenvalue weighted by molar-refractivity contribution is 7.10. The number of hydrogen-bond donors (Lipinski definition) is 1. The summed E-state index contributed by atoms with van der Waals surface area (Å²) in [4.78, 5) is 1.28. The van der Waals surface area contributed by atoms with E-state index in [0.717, 1.165) is 24.1 Å². The van der Waals surface area contributed by atoms with Crippen LogP contribution in [-0.2, 0) is 0 Å². The topological polar surface area (TPSA) is 12.0 Å². The molecule has 2 aromatic rings. The van der Waals surface area contributed by atoms with Gasteiger partial charge in [-0.3, -0.25) is 0 Å². The van der Waals surface area contributed by atoms with Crippen LogP contribution in [0.25, 0.3) is 0 Å². The molecule has 2 rings (SSSR count). The van der Waals surface area contributed by atoms with E-state index in [0.29, 0.717) is 0 Å². The molecule has 0 saturated heterocycles. The predicted molar refractivity (Wildman–Crippen MR) is 80.3 cm³/mol. The molecule has 0 bridgehead atoms. The molecule has 1 N–H and O–H groups in total. The minimum Gasteiger partial charge on any atom is -0.306 e. The summed E-state index contributed by atoms with van der Waals surface area (Å²) >= 11 is 1.74. The summed E-state index contributed by atoms with van der Waals surface area (Å²) in [7, 11) is 0. The van der Waals surface area contributed by atoms with Crippen LogP contribution in [0.3, 0.4) is 0 Å². The average molecular weight is 277 g/mol. The molecular weight excluding hydrogens is 257 g/mol. The minimum absolute atomic E-state index is 0.0839. The summed E-state index contributed by atoms with van der Waals surface area (Å²) in [6.45, 7) is 7.20. The van der Waals surface area contributed by atoms with Gasteiger partial charge in [-0.15, -0.1) is 11.3 Å². The monoisotopic (exact) mass is 277 g/mol. The summed E-state index contributed by atoms with van der Waals surface area (Å²) in [6, 6.07) is 7.29. The van der Waals surface area contributed by atoms with Gasteiger partial charge in [0.1, 0.15) is 5.82 Å². The summed E-state index contributed by atoms with van der Waals surface area (Å²) in [5.41, 5.74) is 3.38. The van der Waals surface area contributed by atoms with Gasteiger partial charge in [-0.2, -0.15) is 0 Å². The Labute approximate surface area is 118 Å². The normalized spacial score (nSPS) is 12.6. The van der Waals surface area contributed by atoms with E-state index >= 15 is 0 Å². The third kappa shape index (κ3) is 3.43. The van der Waals surface area contributed by atoms with Crippen molar-refractivity contribution in [1.29, 1.82) is 0 Å². The first kappa shape index (κ1) is 14.2. The number of rotatable bonds is 5. The van der Waals surface area contributed by atoms with Crippen LogP contribution in [0.2, 0.25) is 0 Å². The molecule has 0 amide bonds. The molecule has 0 spiro atoms. The maximum Gasteiger partial charge on any atom is 0.123 e. The maximum absolute atomic E-state index is 13.5. The van der Waals surface area contributed by atoms with Gasteiger partial charge < -0.3 is 5.32 Å². The second kappa shape index (κ2) is 6.31. The molecule has 1 nitrogen and oxygen atoms in total. The molecule has 0 aliphatic heterocycles. The van der Waals surface area contributed by atoms with Crippen LogP contribution in [-0.4, -0.2) is 6.54 Å². The number of halogens is 1. The molecule has 0 radical (unpaired) electrons. The van der Waals surface area contributed by atoms with Gasteiger partial charge in [-0.05, 0) is 67.1 Å². The van der Waals surface area contributed by atoms with Crippen LogP contribution in [0, 0.1) is 19.7 Å². The molecule has 3 heteroatoms. The van der Waals surface area contributed by atoms with E-state index in [4.69, 9.17) is 0 Å². The van der Waals surface area contributed by atoms with Gasteiger partial charge in [-0.1, -0.05) is 13.0 Å². The Morgan fingerprint density at radius 2 is 2.05 bits per heavy atom. The average Bonchev–Trinajstić information content (AvgIpc) is 2.80. The lowest BCUT2D eigenvalue weighted by atomic mass is 9.96. The SMILES string of the molecule is CCCNC(c1csc(C)c1)c1cc(F)ccc1C. The van der Waals surface area contributed by atoms with E-state index < -0.39 is 0 Å². The fraction of sp³-hybridized carbons (Fsp3) is 0.375. The van der Waals surface area contributed by atoms with Crippen LogP contribution in [0.5, 0.6) is 0 Å². The van der Waals surface area contributed by atoms with Crippen LogP contribution < -0.4 is 5.32 Å². The molecule has 1 aromatic heterocycles.